The summed E-state index contributed by atoms with van der Waals surface area (Å²) < 4.78 is 5.03. The number of halogens is 1. The fourth-order valence-electron chi connectivity index (χ4n) is 0.948. The molecule has 3 N–H and O–H groups in total. The Balaban J connectivity index is 3.02. The summed E-state index contributed by atoms with van der Waals surface area (Å²) in [6.45, 7) is 0. The first-order valence-electron chi connectivity index (χ1n) is 3.51. The van der Waals surface area contributed by atoms with E-state index in [4.69, 9.17) is 22.2 Å². The Morgan fingerprint density at radius 1 is 1.58 bits per heavy atom. The van der Waals surface area contributed by atoms with Crippen LogP contribution in [-0.4, -0.2) is 7.11 Å². The summed E-state index contributed by atoms with van der Waals surface area (Å²) in [5, 5.41) is 0. The maximum absolute atomic E-state index is 5.69. The van der Waals surface area contributed by atoms with Gasteiger partial charge in [0.15, 0.2) is 0 Å². The molecule has 0 amide bonds. The number of nitrogens with two attached hydrogens (primary N) is 1. The third kappa shape index (κ3) is 1.81. The number of nitrogen functional groups attached to an aromatic ring is 1. The first-order valence-corrected chi connectivity index (χ1v) is 4.04. The molecule has 0 radical (unpaired) electrons. The largest absolute Gasteiger partial charge is 0.497 e. The van der Waals surface area contributed by atoms with Gasteiger partial charge in [0.05, 0.1) is 12.8 Å². The number of methoxy groups -OCH3 is 1. The Kier molecular flexibility index (Phi) is 3.19. The molecular formula is C8H11ClN2O. The number of hydrogen-bond acceptors (Lipinski definition) is 3. The van der Waals surface area contributed by atoms with Crippen LogP contribution in [0, 0.1) is 0 Å². The minimum atomic E-state index is 0.413. The number of alkyl halides is 1. The average molecular weight is 187 g/mol. The minimum absolute atomic E-state index is 0.413. The molecule has 0 spiro atoms. The van der Waals surface area contributed by atoms with E-state index in [2.05, 4.69) is 5.43 Å². The molecule has 66 valence electrons. The van der Waals surface area contributed by atoms with Gasteiger partial charge in [-0.05, 0) is 23.8 Å². The molecule has 1 aromatic carbocycles. The molecule has 0 aliphatic heterocycles. The van der Waals surface area contributed by atoms with E-state index in [9.17, 15) is 0 Å². The van der Waals surface area contributed by atoms with Crippen molar-refractivity contribution < 1.29 is 4.74 Å². The highest BCUT2D eigenvalue weighted by atomic mass is 35.5. The molecule has 0 saturated heterocycles. The number of hydrogen-bond donors (Lipinski definition) is 2. The van der Waals surface area contributed by atoms with E-state index in [1.807, 2.05) is 18.2 Å². The van der Waals surface area contributed by atoms with Crippen molar-refractivity contribution in [3.05, 3.63) is 23.8 Å². The first-order chi connectivity index (χ1) is 5.81. The number of benzene rings is 1. The van der Waals surface area contributed by atoms with Gasteiger partial charge in [-0.3, -0.25) is 5.84 Å². The fourth-order valence-corrected chi connectivity index (χ4v) is 1.17. The molecule has 0 aromatic heterocycles. The number of rotatable bonds is 3. The Labute approximate surface area is 76.4 Å². The molecule has 0 saturated carbocycles. The van der Waals surface area contributed by atoms with Crippen LogP contribution in [0.4, 0.5) is 5.69 Å². The van der Waals surface area contributed by atoms with Crippen LogP contribution in [0.2, 0.25) is 0 Å². The lowest BCUT2D eigenvalue weighted by molar-refractivity contribution is 0.414. The van der Waals surface area contributed by atoms with Crippen LogP contribution in [0.3, 0.4) is 0 Å². The van der Waals surface area contributed by atoms with Gasteiger partial charge in [-0.1, -0.05) is 0 Å². The van der Waals surface area contributed by atoms with Crippen LogP contribution in [0.15, 0.2) is 18.2 Å². The van der Waals surface area contributed by atoms with E-state index < -0.39 is 0 Å². The van der Waals surface area contributed by atoms with Crippen molar-refractivity contribution in [2.45, 2.75) is 5.88 Å². The SMILES string of the molecule is COc1ccc(NN)c(CCl)c1. The zero-order valence-corrected chi connectivity index (χ0v) is 7.56. The third-order valence-corrected chi connectivity index (χ3v) is 1.90. The smallest absolute Gasteiger partial charge is 0.119 e. The molecule has 3 nitrogen and oxygen atoms in total. The summed E-state index contributed by atoms with van der Waals surface area (Å²) >= 11 is 5.69. The van der Waals surface area contributed by atoms with Crippen LogP contribution in [0.5, 0.6) is 5.75 Å². The molecule has 4 heteroatoms. The lowest BCUT2D eigenvalue weighted by Gasteiger charge is -2.07. The van der Waals surface area contributed by atoms with Crippen LogP contribution in [0.1, 0.15) is 5.56 Å². The second kappa shape index (κ2) is 4.18. The summed E-state index contributed by atoms with van der Waals surface area (Å²) in [6.07, 6.45) is 0. The molecule has 0 atom stereocenters. The van der Waals surface area contributed by atoms with Gasteiger partial charge in [-0.25, -0.2) is 0 Å². The standard InChI is InChI=1S/C8H11ClN2O/c1-12-7-2-3-8(11-10)6(4-7)5-9/h2-4,11H,5,10H2,1H3. The summed E-state index contributed by atoms with van der Waals surface area (Å²) in [4.78, 5) is 0. The van der Waals surface area contributed by atoms with Crippen molar-refractivity contribution in [2.24, 2.45) is 5.84 Å². The number of ether oxygens (including phenoxy) is 1. The maximum atomic E-state index is 5.69. The number of nitrogens with one attached hydrogen (secondary N) is 1. The van der Waals surface area contributed by atoms with Gasteiger partial charge in [-0.2, -0.15) is 0 Å². The maximum Gasteiger partial charge on any atom is 0.119 e. The molecule has 0 heterocycles. The molecule has 0 fully saturated rings. The zero-order chi connectivity index (χ0) is 8.97. The molecule has 0 aliphatic carbocycles. The van der Waals surface area contributed by atoms with Gasteiger partial charge >= 0.3 is 0 Å². The predicted molar refractivity (Wildman–Crippen MR) is 50.4 cm³/mol. The quantitative estimate of drug-likeness (QED) is 0.429. The van der Waals surface area contributed by atoms with E-state index in [-0.39, 0.29) is 0 Å². The highest BCUT2D eigenvalue weighted by Crippen LogP contribution is 2.22. The van der Waals surface area contributed by atoms with Gasteiger partial charge in [0.25, 0.3) is 0 Å². The molecule has 12 heavy (non-hydrogen) atoms. The van der Waals surface area contributed by atoms with Gasteiger partial charge in [0, 0.05) is 5.88 Å². The minimum Gasteiger partial charge on any atom is -0.497 e. The molecule has 1 aromatic rings. The highest BCUT2D eigenvalue weighted by Gasteiger charge is 2.00. The molecule has 1 rings (SSSR count). The summed E-state index contributed by atoms with van der Waals surface area (Å²) in [7, 11) is 1.61. The molecular weight excluding hydrogens is 176 g/mol. The van der Waals surface area contributed by atoms with Crippen LogP contribution in [0.25, 0.3) is 0 Å². The van der Waals surface area contributed by atoms with E-state index in [0.717, 1.165) is 17.0 Å². The summed E-state index contributed by atoms with van der Waals surface area (Å²) in [6, 6.07) is 5.50. The second-order valence-corrected chi connectivity index (χ2v) is 2.57. The Morgan fingerprint density at radius 3 is 2.83 bits per heavy atom. The fraction of sp³-hybridized carbons (Fsp3) is 0.250. The van der Waals surface area contributed by atoms with Gasteiger partial charge in [0.2, 0.25) is 0 Å². The van der Waals surface area contributed by atoms with Gasteiger partial charge < -0.3 is 10.2 Å². The van der Waals surface area contributed by atoms with Gasteiger partial charge in [-0.15, -0.1) is 11.6 Å². The Hall–Kier alpha value is -0.930. The van der Waals surface area contributed by atoms with Crippen molar-refractivity contribution in [2.75, 3.05) is 12.5 Å². The second-order valence-electron chi connectivity index (χ2n) is 2.30. The third-order valence-electron chi connectivity index (χ3n) is 1.61. The lowest BCUT2D eigenvalue weighted by atomic mass is 10.2. The van der Waals surface area contributed by atoms with Crippen molar-refractivity contribution in [1.29, 1.82) is 0 Å². The van der Waals surface area contributed by atoms with E-state index in [1.165, 1.54) is 0 Å². The first kappa shape index (κ1) is 9.16. The van der Waals surface area contributed by atoms with E-state index in [0.29, 0.717) is 5.88 Å². The van der Waals surface area contributed by atoms with Crippen molar-refractivity contribution in [1.82, 2.24) is 0 Å². The lowest BCUT2D eigenvalue weighted by Crippen LogP contribution is -2.08. The topological polar surface area (TPSA) is 47.3 Å². The Bertz CT molecular complexity index is 265. The van der Waals surface area contributed by atoms with Crippen molar-refractivity contribution in [3.8, 4) is 5.75 Å². The van der Waals surface area contributed by atoms with Crippen molar-refractivity contribution >= 4 is 17.3 Å². The average Bonchev–Trinajstić information content (AvgIpc) is 2.16. The van der Waals surface area contributed by atoms with Crippen LogP contribution >= 0.6 is 11.6 Å². The van der Waals surface area contributed by atoms with Crippen LogP contribution in [-0.2, 0) is 5.88 Å². The summed E-state index contributed by atoms with van der Waals surface area (Å²) in [5.74, 6) is 6.46. The molecule has 0 unspecified atom stereocenters. The predicted octanol–water partition coefficient (Wildman–Crippen LogP) is 1.72. The van der Waals surface area contributed by atoms with Crippen LogP contribution < -0.4 is 16.0 Å². The summed E-state index contributed by atoms with van der Waals surface area (Å²) in [5.41, 5.74) is 4.31. The normalized spacial score (nSPS) is 9.58. The molecule has 0 bridgehead atoms. The highest BCUT2D eigenvalue weighted by molar-refractivity contribution is 6.17. The number of hydrazine groups is 1. The van der Waals surface area contributed by atoms with E-state index >= 15 is 0 Å². The number of anilines is 1. The van der Waals surface area contributed by atoms with E-state index in [1.54, 1.807) is 7.11 Å². The monoisotopic (exact) mass is 186 g/mol. The molecule has 0 aliphatic rings. The Morgan fingerprint density at radius 2 is 2.33 bits per heavy atom. The zero-order valence-electron chi connectivity index (χ0n) is 6.80. The van der Waals surface area contributed by atoms with Gasteiger partial charge in [0.1, 0.15) is 5.75 Å². The van der Waals surface area contributed by atoms with Crippen molar-refractivity contribution in [3.63, 3.8) is 0 Å².